The first-order chi connectivity index (χ1) is 8.33. The first-order valence-electron chi connectivity index (χ1n) is 4.83. The summed E-state index contributed by atoms with van der Waals surface area (Å²) in [7, 11) is 0. The van der Waals surface area contributed by atoms with Crippen LogP contribution < -0.4 is 5.32 Å². The summed E-state index contributed by atoms with van der Waals surface area (Å²) in [4.78, 5) is 15.7. The van der Waals surface area contributed by atoms with Crippen LogP contribution in [0.25, 0.3) is 11.0 Å². The SMILES string of the molecule is O=C(Nc1ccc2n[nH]nc2c1)c1cscn1. The molecule has 7 heteroatoms. The summed E-state index contributed by atoms with van der Waals surface area (Å²) in [5.41, 5.74) is 4.17. The standard InChI is InChI=1S/C10H7N5OS/c16-10(9-4-17-5-11-9)12-6-1-2-7-8(3-6)14-15-13-7/h1-5H,(H,12,16)(H,13,14,15). The molecule has 0 atom stereocenters. The van der Waals surface area contributed by atoms with Crippen LogP contribution in [0.4, 0.5) is 5.69 Å². The molecule has 17 heavy (non-hydrogen) atoms. The molecule has 0 saturated carbocycles. The number of amides is 1. The lowest BCUT2D eigenvalue weighted by atomic mass is 10.2. The Kier molecular flexibility index (Phi) is 2.30. The second-order valence-electron chi connectivity index (χ2n) is 3.35. The molecular weight excluding hydrogens is 238 g/mol. The number of benzene rings is 1. The van der Waals surface area contributed by atoms with Gasteiger partial charge in [-0.2, -0.15) is 15.4 Å². The van der Waals surface area contributed by atoms with Gasteiger partial charge in [-0.1, -0.05) is 0 Å². The normalized spacial score (nSPS) is 10.6. The van der Waals surface area contributed by atoms with E-state index in [4.69, 9.17) is 0 Å². The molecule has 1 amide bonds. The number of aromatic amines is 1. The maximum absolute atomic E-state index is 11.7. The van der Waals surface area contributed by atoms with Crippen LogP contribution in [0.1, 0.15) is 10.5 Å². The quantitative estimate of drug-likeness (QED) is 0.719. The number of fused-ring (bicyclic) bond motifs is 1. The molecule has 0 unspecified atom stereocenters. The predicted octanol–water partition coefficient (Wildman–Crippen LogP) is 1.67. The molecule has 1 aromatic carbocycles. The number of hydrogen-bond acceptors (Lipinski definition) is 5. The van der Waals surface area contributed by atoms with Gasteiger partial charge in [0, 0.05) is 11.1 Å². The number of hydrogen-bond donors (Lipinski definition) is 2. The Balaban J connectivity index is 1.87. The van der Waals surface area contributed by atoms with Crippen molar-refractivity contribution in [1.82, 2.24) is 20.4 Å². The largest absolute Gasteiger partial charge is 0.321 e. The van der Waals surface area contributed by atoms with E-state index in [1.807, 2.05) is 0 Å². The van der Waals surface area contributed by atoms with Gasteiger partial charge in [-0.15, -0.1) is 11.3 Å². The van der Waals surface area contributed by atoms with E-state index >= 15 is 0 Å². The highest BCUT2D eigenvalue weighted by molar-refractivity contribution is 7.07. The van der Waals surface area contributed by atoms with Crippen LogP contribution in [-0.4, -0.2) is 26.3 Å². The molecular formula is C10H7N5OS. The van der Waals surface area contributed by atoms with Crippen LogP contribution >= 0.6 is 11.3 Å². The molecule has 0 bridgehead atoms. The Bertz CT molecular complexity index is 660. The number of anilines is 1. The van der Waals surface area contributed by atoms with E-state index in [0.717, 1.165) is 5.52 Å². The second-order valence-corrected chi connectivity index (χ2v) is 4.07. The monoisotopic (exact) mass is 245 g/mol. The van der Waals surface area contributed by atoms with E-state index in [9.17, 15) is 4.79 Å². The van der Waals surface area contributed by atoms with Gasteiger partial charge < -0.3 is 5.32 Å². The topological polar surface area (TPSA) is 83.6 Å². The van der Waals surface area contributed by atoms with Gasteiger partial charge in [0.15, 0.2) is 0 Å². The summed E-state index contributed by atoms with van der Waals surface area (Å²) in [6, 6.07) is 5.31. The molecule has 2 heterocycles. The molecule has 0 spiro atoms. The van der Waals surface area contributed by atoms with Crippen molar-refractivity contribution in [3.63, 3.8) is 0 Å². The van der Waals surface area contributed by atoms with E-state index < -0.39 is 0 Å². The summed E-state index contributed by atoms with van der Waals surface area (Å²) in [5, 5.41) is 14.8. The highest BCUT2D eigenvalue weighted by Gasteiger charge is 2.08. The minimum atomic E-state index is -0.228. The molecule has 0 saturated heterocycles. The molecule has 6 nitrogen and oxygen atoms in total. The fraction of sp³-hybridized carbons (Fsp3) is 0. The molecule has 0 fully saturated rings. The third-order valence-electron chi connectivity index (χ3n) is 2.24. The second kappa shape index (κ2) is 3.95. The first kappa shape index (κ1) is 9.91. The van der Waals surface area contributed by atoms with Gasteiger partial charge >= 0.3 is 0 Å². The zero-order valence-corrected chi connectivity index (χ0v) is 9.36. The Morgan fingerprint density at radius 2 is 2.18 bits per heavy atom. The van der Waals surface area contributed by atoms with Crippen LogP contribution in [0.5, 0.6) is 0 Å². The van der Waals surface area contributed by atoms with Crippen LogP contribution in [0.15, 0.2) is 29.1 Å². The maximum atomic E-state index is 11.7. The highest BCUT2D eigenvalue weighted by atomic mass is 32.1. The zero-order chi connectivity index (χ0) is 11.7. The fourth-order valence-electron chi connectivity index (χ4n) is 1.44. The lowest BCUT2D eigenvalue weighted by Gasteiger charge is -2.01. The van der Waals surface area contributed by atoms with Crippen molar-refractivity contribution in [3.05, 3.63) is 34.8 Å². The zero-order valence-electron chi connectivity index (χ0n) is 8.54. The molecule has 0 aliphatic rings. The molecule has 2 aromatic heterocycles. The Morgan fingerprint density at radius 3 is 3.00 bits per heavy atom. The van der Waals surface area contributed by atoms with E-state index in [-0.39, 0.29) is 5.91 Å². The Morgan fingerprint density at radius 1 is 1.29 bits per heavy atom. The van der Waals surface area contributed by atoms with Gasteiger partial charge in [0.05, 0.1) is 5.51 Å². The third-order valence-corrected chi connectivity index (χ3v) is 2.83. The number of carbonyl (C=O) groups is 1. The minimum Gasteiger partial charge on any atom is -0.321 e. The van der Waals surface area contributed by atoms with Gasteiger partial charge in [-0.3, -0.25) is 4.79 Å². The molecule has 2 N–H and O–H groups in total. The van der Waals surface area contributed by atoms with Crippen molar-refractivity contribution in [2.45, 2.75) is 0 Å². The maximum Gasteiger partial charge on any atom is 0.275 e. The summed E-state index contributed by atoms with van der Waals surface area (Å²) in [6.45, 7) is 0. The van der Waals surface area contributed by atoms with E-state index in [2.05, 4.69) is 25.7 Å². The Hall–Kier alpha value is -2.28. The van der Waals surface area contributed by atoms with E-state index in [1.54, 1.807) is 29.1 Å². The van der Waals surface area contributed by atoms with Crippen molar-refractivity contribution >= 4 is 34.0 Å². The summed E-state index contributed by atoms with van der Waals surface area (Å²) in [5.74, 6) is -0.228. The molecule has 0 aliphatic carbocycles. The lowest BCUT2D eigenvalue weighted by Crippen LogP contribution is -2.11. The number of aromatic nitrogens is 4. The average Bonchev–Trinajstić information content (AvgIpc) is 2.99. The number of carbonyl (C=O) groups excluding carboxylic acids is 1. The van der Waals surface area contributed by atoms with Crippen molar-refractivity contribution in [2.75, 3.05) is 5.32 Å². The van der Waals surface area contributed by atoms with Crippen molar-refractivity contribution in [1.29, 1.82) is 0 Å². The smallest absolute Gasteiger partial charge is 0.275 e. The number of rotatable bonds is 2. The van der Waals surface area contributed by atoms with Crippen molar-refractivity contribution in [3.8, 4) is 0 Å². The van der Waals surface area contributed by atoms with Gasteiger partial charge in [0.25, 0.3) is 5.91 Å². The lowest BCUT2D eigenvalue weighted by molar-refractivity contribution is 0.102. The summed E-state index contributed by atoms with van der Waals surface area (Å²) < 4.78 is 0. The van der Waals surface area contributed by atoms with E-state index in [0.29, 0.717) is 16.9 Å². The van der Waals surface area contributed by atoms with Crippen molar-refractivity contribution < 1.29 is 4.79 Å². The average molecular weight is 245 g/mol. The third kappa shape index (κ3) is 1.87. The van der Waals surface area contributed by atoms with Crippen LogP contribution in [0.3, 0.4) is 0 Å². The minimum absolute atomic E-state index is 0.228. The summed E-state index contributed by atoms with van der Waals surface area (Å²) >= 11 is 1.38. The number of nitrogens with one attached hydrogen (secondary N) is 2. The molecule has 0 aliphatic heterocycles. The number of nitrogens with zero attached hydrogens (tertiary/aromatic N) is 3. The van der Waals surface area contributed by atoms with Gasteiger partial charge in [-0.05, 0) is 18.2 Å². The molecule has 3 aromatic rings. The van der Waals surface area contributed by atoms with Crippen molar-refractivity contribution in [2.24, 2.45) is 0 Å². The fourth-order valence-corrected chi connectivity index (χ4v) is 1.97. The molecule has 84 valence electrons. The molecule has 0 radical (unpaired) electrons. The van der Waals surface area contributed by atoms with E-state index in [1.165, 1.54) is 11.3 Å². The van der Waals surface area contributed by atoms with Crippen LogP contribution in [0, 0.1) is 0 Å². The Labute approximate surface area is 99.7 Å². The van der Waals surface area contributed by atoms with Crippen LogP contribution in [-0.2, 0) is 0 Å². The van der Waals surface area contributed by atoms with Gasteiger partial charge in [-0.25, -0.2) is 4.98 Å². The first-order valence-corrected chi connectivity index (χ1v) is 5.77. The summed E-state index contributed by atoms with van der Waals surface area (Å²) in [6.07, 6.45) is 0. The van der Waals surface area contributed by atoms with Gasteiger partial charge in [0.2, 0.25) is 0 Å². The highest BCUT2D eigenvalue weighted by Crippen LogP contribution is 2.15. The van der Waals surface area contributed by atoms with Crippen LogP contribution in [0.2, 0.25) is 0 Å². The van der Waals surface area contributed by atoms with Gasteiger partial charge in [0.1, 0.15) is 16.7 Å². The number of thiazole rings is 1. The predicted molar refractivity (Wildman–Crippen MR) is 64.0 cm³/mol. The number of H-pyrrole nitrogens is 1. The molecule has 3 rings (SSSR count).